The van der Waals surface area contributed by atoms with Crippen molar-refractivity contribution in [2.24, 2.45) is 11.7 Å². The van der Waals surface area contributed by atoms with Gasteiger partial charge in [0.15, 0.2) is 0 Å². The molecule has 0 amide bonds. The highest BCUT2D eigenvalue weighted by molar-refractivity contribution is 6.28. The summed E-state index contributed by atoms with van der Waals surface area (Å²) in [5, 5.41) is 8.28. The normalized spacial score (nSPS) is 22.3. The summed E-state index contributed by atoms with van der Waals surface area (Å²) in [7, 11) is 0. The highest BCUT2D eigenvalue weighted by atomic mass is 35.5. The van der Waals surface area contributed by atoms with Gasteiger partial charge in [0.1, 0.15) is 5.82 Å². The van der Waals surface area contributed by atoms with Gasteiger partial charge in [-0.3, -0.25) is 0 Å². The second-order valence-corrected chi connectivity index (χ2v) is 3.47. The van der Waals surface area contributed by atoms with Crippen LogP contribution in [-0.2, 0) is 13.0 Å². The largest absolute Gasteiger partial charge is 0.330 e. The Labute approximate surface area is 75.7 Å². The average molecular weight is 187 g/mol. The molecule has 0 saturated heterocycles. The fourth-order valence-corrected chi connectivity index (χ4v) is 1.78. The molecule has 0 bridgehead atoms. The van der Waals surface area contributed by atoms with Crippen LogP contribution in [0.5, 0.6) is 0 Å². The van der Waals surface area contributed by atoms with Crippen LogP contribution in [0.2, 0.25) is 5.28 Å². The van der Waals surface area contributed by atoms with E-state index in [1.54, 1.807) is 0 Å². The fraction of sp³-hybridized carbons (Fsp3) is 0.714. The molecule has 1 atom stereocenters. The number of hydrogen-bond acceptors (Lipinski definition) is 3. The molecule has 2 heterocycles. The van der Waals surface area contributed by atoms with Crippen molar-refractivity contribution in [1.29, 1.82) is 0 Å². The summed E-state index contributed by atoms with van der Waals surface area (Å²) < 4.78 is 1.95. The Morgan fingerprint density at radius 2 is 2.42 bits per heavy atom. The summed E-state index contributed by atoms with van der Waals surface area (Å²) >= 11 is 5.81. The van der Waals surface area contributed by atoms with Crippen molar-refractivity contribution in [1.82, 2.24) is 14.8 Å². The Morgan fingerprint density at radius 1 is 1.58 bits per heavy atom. The molecule has 66 valence electrons. The van der Waals surface area contributed by atoms with E-state index in [1.807, 2.05) is 4.57 Å². The van der Waals surface area contributed by atoms with Crippen LogP contribution >= 0.6 is 11.6 Å². The van der Waals surface area contributed by atoms with Gasteiger partial charge in [-0.25, -0.2) is 0 Å². The molecule has 1 aliphatic heterocycles. The minimum absolute atomic E-state index is 0.500. The Hall–Kier alpha value is -0.610. The lowest BCUT2D eigenvalue weighted by Gasteiger charge is -2.20. The van der Waals surface area contributed by atoms with Crippen molar-refractivity contribution in [2.45, 2.75) is 19.4 Å². The predicted octanol–water partition coefficient (Wildman–Crippen LogP) is 0.453. The van der Waals surface area contributed by atoms with Crippen LogP contribution < -0.4 is 5.73 Å². The smallest absolute Gasteiger partial charge is 0.225 e. The molecule has 4 nitrogen and oxygen atoms in total. The van der Waals surface area contributed by atoms with Crippen LogP contribution in [-0.4, -0.2) is 21.3 Å². The standard InChI is InChI=1S/C7H11ClN4/c8-7-11-10-6-3-5(4-9)1-2-12(6)7/h5H,1-4,9H2. The van der Waals surface area contributed by atoms with Gasteiger partial charge in [-0.15, -0.1) is 10.2 Å². The highest BCUT2D eigenvalue weighted by Gasteiger charge is 2.20. The lowest BCUT2D eigenvalue weighted by atomic mass is 9.98. The van der Waals surface area contributed by atoms with Crippen molar-refractivity contribution in [3.8, 4) is 0 Å². The molecule has 0 aliphatic carbocycles. The first-order valence-corrected chi connectivity index (χ1v) is 4.46. The minimum Gasteiger partial charge on any atom is -0.330 e. The average Bonchev–Trinajstić information content (AvgIpc) is 2.47. The highest BCUT2D eigenvalue weighted by Crippen LogP contribution is 2.20. The topological polar surface area (TPSA) is 56.7 Å². The molecule has 2 N–H and O–H groups in total. The lowest BCUT2D eigenvalue weighted by Crippen LogP contribution is -2.25. The number of halogens is 1. The van der Waals surface area contributed by atoms with Crippen molar-refractivity contribution in [3.05, 3.63) is 11.1 Å². The first kappa shape index (κ1) is 8.01. The molecule has 0 fully saturated rings. The fourth-order valence-electron chi connectivity index (χ4n) is 1.56. The zero-order valence-corrected chi connectivity index (χ0v) is 7.46. The second kappa shape index (κ2) is 3.03. The molecule has 0 radical (unpaired) electrons. The molecule has 1 aromatic rings. The molecule has 1 aromatic heterocycles. The summed E-state index contributed by atoms with van der Waals surface area (Å²) in [4.78, 5) is 0. The van der Waals surface area contributed by atoms with E-state index < -0.39 is 0 Å². The summed E-state index contributed by atoms with van der Waals surface area (Å²) in [5.74, 6) is 1.53. The van der Waals surface area contributed by atoms with Gasteiger partial charge in [-0.1, -0.05) is 0 Å². The third kappa shape index (κ3) is 1.21. The Kier molecular flexibility index (Phi) is 2.02. The van der Waals surface area contributed by atoms with E-state index in [9.17, 15) is 0 Å². The Morgan fingerprint density at radius 3 is 3.17 bits per heavy atom. The van der Waals surface area contributed by atoms with Crippen molar-refractivity contribution in [3.63, 3.8) is 0 Å². The minimum atomic E-state index is 0.500. The molecule has 1 aliphatic rings. The van der Waals surface area contributed by atoms with E-state index in [0.29, 0.717) is 11.2 Å². The SMILES string of the molecule is NCC1CCn2c(Cl)nnc2C1. The van der Waals surface area contributed by atoms with Crippen molar-refractivity contribution < 1.29 is 0 Å². The molecular formula is C7H11ClN4. The third-order valence-corrected chi connectivity index (χ3v) is 2.63. The first-order chi connectivity index (χ1) is 5.81. The maximum Gasteiger partial charge on any atom is 0.225 e. The quantitative estimate of drug-likeness (QED) is 0.693. The van der Waals surface area contributed by atoms with Gasteiger partial charge in [0.05, 0.1) is 0 Å². The molecule has 2 rings (SSSR count). The first-order valence-electron chi connectivity index (χ1n) is 4.09. The van der Waals surface area contributed by atoms with E-state index in [1.165, 1.54) is 0 Å². The number of fused-ring (bicyclic) bond motifs is 1. The zero-order chi connectivity index (χ0) is 8.55. The van der Waals surface area contributed by atoms with Gasteiger partial charge < -0.3 is 10.3 Å². The third-order valence-electron chi connectivity index (χ3n) is 2.35. The summed E-state index contributed by atoms with van der Waals surface area (Å²) in [6.07, 6.45) is 2.00. The summed E-state index contributed by atoms with van der Waals surface area (Å²) in [5.41, 5.74) is 5.58. The van der Waals surface area contributed by atoms with Gasteiger partial charge in [-0.2, -0.15) is 0 Å². The van der Waals surface area contributed by atoms with Gasteiger partial charge >= 0.3 is 0 Å². The van der Waals surface area contributed by atoms with Crippen molar-refractivity contribution >= 4 is 11.6 Å². The number of nitrogens with two attached hydrogens (primary N) is 1. The van der Waals surface area contributed by atoms with Crippen LogP contribution in [0.4, 0.5) is 0 Å². The Bertz CT molecular complexity index is 283. The second-order valence-electron chi connectivity index (χ2n) is 3.13. The van der Waals surface area contributed by atoms with E-state index in [0.717, 1.165) is 31.8 Å². The maximum absolute atomic E-state index is 5.81. The molecular weight excluding hydrogens is 176 g/mol. The Balaban J connectivity index is 2.24. The molecule has 0 spiro atoms. The van der Waals surface area contributed by atoms with Gasteiger partial charge in [-0.05, 0) is 30.5 Å². The van der Waals surface area contributed by atoms with Crippen LogP contribution in [0.15, 0.2) is 0 Å². The van der Waals surface area contributed by atoms with E-state index in [2.05, 4.69) is 10.2 Å². The van der Waals surface area contributed by atoms with Crippen LogP contribution in [0.25, 0.3) is 0 Å². The summed E-state index contributed by atoms with van der Waals surface area (Å²) in [6, 6.07) is 0. The number of aromatic nitrogens is 3. The van der Waals surface area contributed by atoms with Crippen molar-refractivity contribution in [2.75, 3.05) is 6.54 Å². The molecule has 12 heavy (non-hydrogen) atoms. The maximum atomic E-state index is 5.81. The van der Waals surface area contributed by atoms with Gasteiger partial charge in [0, 0.05) is 13.0 Å². The number of nitrogens with zero attached hydrogens (tertiary/aromatic N) is 3. The number of rotatable bonds is 1. The molecule has 0 aromatic carbocycles. The molecule has 5 heteroatoms. The van der Waals surface area contributed by atoms with E-state index in [4.69, 9.17) is 17.3 Å². The monoisotopic (exact) mass is 186 g/mol. The zero-order valence-electron chi connectivity index (χ0n) is 6.70. The summed E-state index contributed by atoms with van der Waals surface area (Å²) in [6.45, 7) is 1.63. The molecule has 1 unspecified atom stereocenters. The van der Waals surface area contributed by atoms with Gasteiger partial charge in [0.25, 0.3) is 0 Å². The lowest BCUT2D eigenvalue weighted by molar-refractivity contribution is 0.390. The van der Waals surface area contributed by atoms with Gasteiger partial charge in [0.2, 0.25) is 5.28 Å². The molecule has 0 saturated carbocycles. The van der Waals surface area contributed by atoms with E-state index in [-0.39, 0.29) is 0 Å². The predicted molar refractivity (Wildman–Crippen MR) is 45.9 cm³/mol. The van der Waals surface area contributed by atoms with E-state index >= 15 is 0 Å². The van der Waals surface area contributed by atoms with Crippen LogP contribution in [0.3, 0.4) is 0 Å². The number of hydrogen-bond donors (Lipinski definition) is 1. The van der Waals surface area contributed by atoms with Crippen LogP contribution in [0, 0.1) is 5.92 Å². The van der Waals surface area contributed by atoms with Crippen LogP contribution in [0.1, 0.15) is 12.2 Å².